The number of phenolic OH excluding ortho intramolecular Hbond substituents is 1. The molecule has 70 valence electrons. The standard InChI is InChI=1S/C11H14O2/c1-8-2-5-10(12)11(6-8)13-7-9-3-4-9/h2,5-6,9,12H,3-4,7H2,1H3. The molecule has 2 rings (SSSR count). The molecule has 0 unspecified atom stereocenters. The van der Waals surface area contributed by atoms with Gasteiger partial charge in [0.05, 0.1) is 6.61 Å². The van der Waals surface area contributed by atoms with Crippen LogP contribution in [-0.4, -0.2) is 11.7 Å². The highest BCUT2D eigenvalue weighted by atomic mass is 16.5. The Hall–Kier alpha value is -1.18. The molecule has 1 N–H and O–H groups in total. The fourth-order valence-electron chi connectivity index (χ4n) is 1.23. The summed E-state index contributed by atoms with van der Waals surface area (Å²) in [6.07, 6.45) is 2.54. The molecule has 1 fully saturated rings. The molecule has 1 aliphatic carbocycles. The second kappa shape index (κ2) is 3.29. The molecule has 0 heterocycles. The lowest BCUT2D eigenvalue weighted by Gasteiger charge is -2.07. The van der Waals surface area contributed by atoms with Gasteiger partial charge in [0.15, 0.2) is 11.5 Å². The Labute approximate surface area is 78.2 Å². The molecule has 1 aromatic carbocycles. The van der Waals surface area contributed by atoms with Gasteiger partial charge in [-0.05, 0) is 43.4 Å². The summed E-state index contributed by atoms with van der Waals surface area (Å²) in [5.74, 6) is 1.58. The molecule has 0 saturated heterocycles. The zero-order chi connectivity index (χ0) is 9.26. The predicted octanol–water partition coefficient (Wildman–Crippen LogP) is 2.49. The van der Waals surface area contributed by atoms with Gasteiger partial charge >= 0.3 is 0 Å². The van der Waals surface area contributed by atoms with Crippen LogP contribution in [-0.2, 0) is 0 Å². The number of phenols is 1. The molecule has 2 heteroatoms. The average molecular weight is 178 g/mol. The zero-order valence-electron chi connectivity index (χ0n) is 7.79. The topological polar surface area (TPSA) is 29.5 Å². The normalized spacial score (nSPS) is 15.8. The maximum atomic E-state index is 9.44. The van der Waals surface area contributed by atoms with E-state index in [1.165, 1.54) is 12.8 Å². The summed E-state index contributed by atoms with van der Waals surface area (Å²) in [5.41, 5.74) is 1.11. The summed E-state index contributed by atoms with van der Waals surface area (Å²) in [5, 5.41) is 9.44. The lowest BCUT2D eigenvalue weighted by molar-refractivity contribution is 0.284. The van der Waals surface area contributed by atoms with Crippen molar-refractivity contribution in [2.75, 3.05) is 6.61 Å². The third-order valence-electron chi connectivity index (χ3n) is 2.29. The zero-order valence-corrected chi connectivity index (χ0v) is 7.79. The molecule has 0 aliphatic heterocycles. The minimum absolute atomic E-state index is 0.242. The number of hydrogen-bond acceptors (Lipinski definition) is 2. The summed E-state index contributed by atoms with van der Waals surface area (Å²) in [6, 6.07) is 5.43. The summed E-state index contributed by atoms with van der Waals surface area (Å²) < 4.78 is 5.49. The van der Waals surface area contributed by atoms with E-state index in [4.69, 9.17) is 4.74 Å². The molecule has 0 spiro atoms. The summed E-state index contributed by atoms with van der Waals surface area (Å²) in [6.45, 7) is 2.74. The fourth-order valence-corrected chi connectivity index (χ4v) is 1.23. The largest absolute Gasteiger partial charge is 0.504 e. The van der Waals surface area contributed by atoms with Gasteiger partial charge in [-0.15, -0.1) is 0 Å². The first kappa shape index (κ1) is 8.42. The molecule has 1 aliphatic rings. The van der Waals surface area contributed by atoms with Gasteiger partial charge in [0.1, 0.15) is 0 Å². The number of aryl methyl sites for hydroxylation is 1. The van der Waals surface area contributed by atoms with E-state index in [1.54, 1.807) is 6.07 Å². The van der Waals surface area contributed by atoms with Gasteiger partial charge in [0, 0.05) is 0 Å². The Morgan fingerprint density at radius 1 is 1.46 bits per heavy atom. The summed E-state index contributed by atoms with van der Waals surface area (Å²) >= 11 is 0. The Morgan fingerprint density at radius 3 is 2.92 bits per heavy atom. The molecule has 0 radical (unpaired) electrons. The second-order valence-corrected chi connectivity index (χ2v) is 3.73. The minimum atomic E-state index is 0.242. The van der Waals surface area contributed by atoms with E-state index in [9.17, 15) is 5.11 Å². The van der Waals surface area contributed by atoms with Crippen LogP contribution in [0.15, 0.2) is 18.2 Å². The van der Waals surface area contributed by atoms with E-state index in [1.807, 2.05) is 19.1 Å². The van der Waals surface area contributed by atoms with Crippen molar-refractivity contribution in [2.45, 2.75) is 19.8 Å². The van der Waals surface area contributed by atoms with E-state index < -0.39 is 0 Å². The summed E-state index contributed by atoms with van der Waals surface area (Å²) in [7, 11) is 0. The van der Waals surface area contributed by atoms with Gasteiger partial charge in [-0.3, -0.25) is 0 Å². The van der Waals surface area contributed by atoms with E-state index in [0.717, 1.165) is 18.1 Å². The van der Waals surface area contributed by atoms with Crippen molar-refractivity contribution in [1.29, 1.82) is 0 Å². The Balaban J connectivity index is 2.03. The summed E-state index contributed by atoms with van der Waals surface area (Å²) in [4.78, 5) is 0. The highest BCUT2D eigenvalue weighted by Gasteiger charge is 2.22. The molecule has 1 aromatic rings. The van der Waals surface area contributed by atoms with Crippen molar-refractivity contribution in [1.82, 2.24) is 0 Å². The van der Waals surface area contributed by atoms with Gasteiger partial charge < -0.3 is 9.84 Å². The first-order chi connectivity index (χ1) is 6.25. The van der Waals surface area contributed by atoms with Crippen LogP contribution in [0.25, 0.3) is 0 Å². The molecule has 13 heavy (non-hydrogen) atoms. The first-order valence-electron chi connectivity index (χ1n) is 4.68. The van der Waals surface area contributed by atoms with Crippen molar-refractivity contribution in [3.05, 3.63) is 23.8 Å². The molecule has 0 amide bonds. The number of hydrogen-bond donors (Lipinski definition) is 1. The van der Waals surface area contributed by atoms with Crippen molar-refractivity contribution in [2.24, 2.45) is 5.92 Å². The Morgan fingerprint density at radius 2 is 2.23 bits per heavy atom. The molecule has 0 aromatic heterocycles. The predicted molar refractivity (Wildman–Crippen MR) is 51.1 cm³/mol. The Kier molecular flexibility index (Phi) is 2.13. The van der Waals surface area contributed by atoms with Gasteiger partial charge in [-0.1, -0.05) is 6.07 Å². The molecule has 2 nitrogen and oxygen atoms in total. The molecular weight excluding hydrogens is 164 g/mol. The smallest absolute Gasteiger partial charge is 0.161 e. The van der Waals surface area contributed by atoms with Gasteiger partial charge in [-0.2, -0.15) is 0 Å². The van der Waals surface area contributed by atoms with E-state index in [0.29, 0.717) is 5.75 Å². The monoisotopic (exact) mass is 178 g/mol. The van der Waals surface area contributed by atoms with Crippen LogP contribution >= 0.6 is 0 Å². The van der Waals surface area contributed by atoms with Crippen molar-refractivity contribution < 1.29 is 9.84 Å². The molecular formula is C11H14O2. The molecule has 1 saturated carbocycles. The van der Waals surface area contributed by atoms with Crippen LogP contribution in [0.1, 0.15) is 18.4 Å². The van der Waals surface area contributed by atoms with E-state index in [-0.39, 0.29) is 5.75 Å². The number of ether oxygens (including phenoxy) is 1. The lowest BCUT2D eigenvalue weighted by Crippen LogP contribution is -1.99. The van der Waals surface area contributed by atoms with Crippen LogP contribution in [0.2, 0.25) is 0 Å². The van der Waals surface area contributed by atoms with Crippen LogP contribution in [0.4, 0.5) is 0 Å². The van der Waals surface area contributed by atoms with Gasteiger partial charge in [-0.25, -0.2) is 0 Å². The van der Waals surface area contributed by atoms with Crippen LogP contribution in [0, 0.1) is 12.8 Å². The van der Waals surface area contributed by atoms with Crippen LogP contribution < -0.4 is 4.74 Å². The third-order valence-corrected chi connectivity index (χ3v) is 2.29. The number of benzene rings is 1. The first-order valence-corrected chi connectivity index (χ1v) is 4.68. The van der Waals surface area contributed by atoms with E-state index >= 15 is 0 Å². The van der Waals surface area contributed by atoms with Crippen molar-refractivity contribution in [3.8, 4) is 11.5 Å². The SMILES string of the molecule is Cc1ccc(O)c(OCC2CC2)c1. The second-order valence-electron chi connectivity index (χ2n) is 3.73. The Bertz CT molecular complexity index is 303. The maximum absolute atomic E-state index is 9.44. The highest BCUT2D eigenvalue weighted by Crippen LogP contribution is 2.32. The van der Waals surface area contributed by atoms with Gasteiger partial charge in [0.2, 0.25) is 0 Å². The highest BCUT2D eigenvalue weighted by molar-refractivity contribution is 5.41. The fraction of sp³-hybridized carbons (Fsp3) is 0.455. The van der Waals surface area contributed by atoms with Crippen LogP contribution in [0.3, 0.4) is 0 Å². The van der Waals surface area contributed by atoms with E-state index in [2.05, 4.69) is 0 Å². The van der Waals surface area contributed by atoms with Crippen molar-refractivity contribution in [3.63, 3.8) is 0 Å². The quantitative estimate of drug-likeness (QED) is 0.770. The molecule has 0 atom stereocenters. The van der Waals surface area contributed by atoms with Gasteiger partial charge in [0.25, 0.3) is 0 Å². The molecule has 0 bridgehead atoms. The minimum Gasteiger partial charge on any atom is -0.504 e. The lowest BCUT2D eigenvalue weighted by atomic mass is 10.2. The van der Waals surface area contributed by atoms with Crippen LogP contribution in [0.5, 0.6) is 11.5 Å². The number of rotatable bonds is 3. The van der Waals surface area contributed by atoms with Crippen molar-refractivity contribution >= 4 is 0 Å². The number of aromatic hydroxyl groups is 1. The average Bonchev–Trinajstić information content (AvgIpc) is 2.90. The maximum Gasteiger partial charge on any atom is 0.161 e. The third kappa shape index (κ3) is 2.14.